The molecule has 1 aliphatic rings. The summed E-state index contributed by atoms with van der Waals surface area (Å²) in [6.07, 6.45) is 0.838. The van der Waals surface area contributed by atoms with Crippen molar-refractivity contribution in [2.24, 2.45) is 10.8 Å². The van der Waals surface area contributed by atoms with E-state index in [1.54, 1.807) is 0 Å². The quantitative estimate of drug-likeness (QED) is 0.807. The summed E-state index contributed by atoms with van der Waals surface area (Å²) in [6, 6.07) is -0.0185. The Bertz CT molecular complexity index is 380. The van der Waals surface area contributed by atoms with Crippen molar-refractivity contribution in [3.05, 3.63) is 0 Å². The first-order valence-electron chi connectivity index (χ1n) is 7.83. The zero-order chi connectivity index (χ0) is 16.3. The van der Waals surface area contributed by atoms with Crippen LogP contribution >= 0.6 is 0 Å². The minimum absolute atomic E-state index is 0.0185. The van der Waals surface area contributed by atoms with Crippen LogP contribution in [0.4, 0.5) is 4.79 Å². The lowest BCUT2D eigenvalue weighted by Crippen LogP contribution is -2.45. The van der Waals surface area contributed by atoms with E-state index < -0.39 is 0 Å². The van der Waals surface area contributed by atoms with Crippen molar-refractivity contribution < 1.29 is 9.59 Å². The van der Waals surface area contributed by atoms with Crippen LogP contribution in [0.25, 0.3) is 0 Å². The largest absolute Gasteiger partial charge is 0.340 e. The first-order chi connectivity index (χ1) is 9.50. The second kappa shape index (κ2) is 6.67. The molecule has 1 aliphatic heterocycles. The van der Waals surface area contributed by atoms with Gasteiger partial charge in [-0.15, -0.1) is 0 Å². The van der Waals surface area contributed by atoms with Gasteiger partial charge in [0.05, 0.1) is 0 Å². The highest BCUT2D eigenvalue weighted by Crippen LogP contribution is 2.18. The third-order valence-corrected chi connectivity index (χ3v) is 3.48. The van der Waals surface area contributed by atoms with Gasteiger partial charge in [-0.05, 0) is 11.8 Å². The Morgan fingerprint density at radius 1 is 0.905 bits per heavy atom. The monoisotopic (exact) mass is 297 g/mol. The first-order valence-corrected chi connectivity index (χ1v) is 7.83. The molecule has 1 saturated heterocycles. The van der Waals surface area contributed by atoms with E-state index in [-0.39, 0.29) is 22.8 Å². The molecule has 122 valence electrons. The molecule has 5 nitrogen and oxygen atoms in total. The van der Waals surface area contributed by atoms with E-state index in [1.165, 1.54) is 0 Å². The molecule has 0 aromatic carbocycles. The maximum Gasteiger partial charge on any atom is 0.317 e. The van der Waals surface area contributed by atoms with Gasteiger partial charge in [0, 0.05) is 38.1 Å². The first kappa shape index (κ1) is 17.8. The number of hydrogen-bond acceptors (Lipinski definition) is 2. The smallest absolute Gasteiger partial charge is 0.317 e. The molecule has 0 spiro atoms. The lowest BCUT2D eigenvalue weighted by atomic mass is 9.94. The number of rotatable bonds is 1. The summed E-state index contributed by atoms with van der Waals surface area (Å²) in [5, 5.41) is 2.98. The Balaban J connectivity index is 2.53. The summed E-state index contributed by atoms with van der Waals surface area (Å²) >= 11 is 0. The van der Waals surface area contributed by atoms with Crippen LogP contribution in [0, 0.1) is 10.8 Å². The molecule has 0 atom stereocenters. The second-order valence-electron chi connectivity index (χ2n) is 8.10. The number of carbonyl (C=O) groups excluding carboxylic acids is 2. The van der Waals surface area contributed by atoms with Crippen molar-refractivity contribution in [2.45, 2.75) is 48.0 Å². The van der Waals surface area contributed by atoms with Gasteiger partial charge in [-0.1, -0.05) is 41.5 Å². The predicted molar refractivity (Wildman–Crippen MR) is 85.1 cm³/mol. The SMILES string of the molecule is CC(C)(C)CNC(=O)N1CCCN(C(=O)C(C)(C)C)CC1. The Morgan fingerprint density at radius 3 is 1.95 bits per heavy atom. The molecule has 0 aromatic heterocycles. The molecule has 1 fully saturated rings. The van der Waals surface area contributed by atoms with Gasteiger partial charge in [-0.3, -0.25) is 4.79 Å². The molecule has 3 amide bonds. The van der Waals surface area contributed by atoms with Crippen molar-refractivity contribution in [3.63, 3.8) is 0 Å². The van der Waals surface area contributed by atoms with Crippen molar-refractivity contribution in [2.75, 3.05) is 32.7 Å². The third kappa shape index (κ3) is 5.94. The minimum atomic E-state index is -0.357. The molecular formula is C16H31N3O2. The van der Waals surface area contributed by atoms with Crippen LogP contribution in [-0.4, -0.2) is 54.5 Å². The van der Waals surface area contributed by atoms with E-state index in [9.17, 15) is 9.59 Å². The lowest BCUT2D eigenvalue weighted by molar-refractivity contribution is -0.139. The summed E-state index contributed by atoms with van der Waals surface area (Å²) in [5.74, 6) is 0.166. The van der Waals surface area contributed by atoms with Gasteiger partial charge in [0.2, 0.25) is 5.91 Å². The molecule has 1 N–H and O–H groups in total. The van der Waals surface area contributed by atoms with E-state index in [2.05, 4.69) is 26.1 Å². The van der Waals surface area contributed by atoms with Crippen LogP contribution in [0.15, 0.2) is 0 Å². The molecule has 5 heteroatoms. The van der Waals surface area contributed by atoms with Gasteiger partial charge < -0.3 is 15.1 Å². The predicted octanol–water partition coefficient (Wildman–Crippen LogP) is 2.32. The van der Waals surface area contributed by atoms with Crippen LogP contribution in [0.1, 0.15) is 48.0 Å². The maximum atomic E-state index is 12.3. The van der Waals surface area contributed by atoms with Gasteiger partial charge in [-0.2, -0.15) is 0 Å². The number of carbonyl (C=O) groups is 2. The Kier molecular flexibility index (Phi) is 5.65. The molecule has 0 aliphatic carbocycles. The van der Waals surface area contributed by atoms with E-state index in [0.717, 1.165) is 13.0 Å². The Morgan fingerprint density at radius 2 is 1.43 bits per heavy atom. The summed E-state index contributed by atoms with van der Waals surface area (Å²) in [7, 11) is 0. The highest BCUT2D eigenvalue weighted by molar-refractivity contribution is 5.81. The Labute approximate surface area is 129 Å². The van der Waals surface area contributed by atoms with Gasteiger partial charge in [0.25, 0.3) is 0 Å². The molecule has 0 aromatic rings. The zero-order valence-corrected chi connectivity index (χ0v) is 14.5. The van der Waals surface area contributed by atoms with E-state index >= 15 is 0 Å². The van der Waals surface area contributed by atoms with Gasteiger partial charge in [-0.25, -0.2) is 4.79 Å². The highest BCUT2D eigenvalue weighted by Gasteiger charge is 2.29. The maximum absolute atomic E-state index is 12.3. The number of hydrogen-bond donors (Lipinski definition) is 1. The average molecular weight is 297 g/mol. The zero-order valence-electron chi connectivity index (χ0n) is 14.5. The van der Waals surface area contributed by atoms with Gasteiger partial charge in [0.15, 0.2) is 0 Å². The summed E-state index contributed by atoms with van der Waals surface area (Å²) in [4.78, 5) is 28.2. The van der Waals surface area contributed by atoms with Crippen LogP contribution in [0.3, 0.4) is 0 Å². The fourth-order valence-electron chi connectivity index (χ4n) is 2.25. The molecule has 21 heavy (non-hydrogen) atoms. The topological polar surface area (TPSA) is 52.7 Å². The van der Waals surface area contributed by atoms with Gasteiger partial charge >= 0.3 is 6.03 Å². The van der Waals surface area contributed by atoms with E-state index in [0.29, 0.717) is 26.2 Å². The minimum Gasteiger partial charge on any atom is -0.340 e. The molecular weight excluding hydrogens is 266 g/mol. The number of nitrogens with zero attached hydrogens (tertiary/aromatic N) is 2. The number of nitrogens with one attached hydrogen (secondary N) is 1. The Hall–Kier alpha value is -1.26. The number of amides is 3. The highest BCUT2D eigenvalue weighted by atomic mass is 16.2. The van der Waals surface area contributed by atoms with Crippen molar-refractivity contribution in [1.82, 2.24) is 15.1 Å². The molecule has 0 unspecified atom stereocenters. The van der Waals surface area contributed by atoms with Crippen LogP contribution in [0.5, 0.6) is 0 Å². The molecule has 1 heterocycles. The summed E-state index contributed by atoms with van der Waals surface area (Å²) in [5.41, 5.74) is -0.278. The van der Waals surface area contributed by atoms with E-state index in [4.69, 9.17) is 0 Å². The fraction of sp³-hybridized carbons (Fsp3) is 0.875. The van der Waals surface area contributed by atoms with Crippen molar-refractivity contribution in [3.8, 4) is 0 Å². The molecule has 0 saturated carbocycles. The number of urea groups is 1. The third-order valence-electron chi connectivity index (χ3n) is 3.48. The summed E-state index contributed by atoms with van der Waals surface area (Å²) < 4.78 is 0. The van der Waals surface area contributed by atoms with Crippen LogP contribution in [-0.2, 0) is 4.79 Å². The standard InChI is InChI=1S/C16H31N3O2/c1-15(2,3)12-17-14(21)19-9-7-8-18(10-11-19)13(20)16(4,5)6/h7-12H2,1-6H3,(H,17,21). The van der Waals surface area contributed by atoms with Crippen LogP contribution < -0.4 is 5.32 Å². The van der Waals surface area contributed by atoms with Crippen molar-refractivity contribution in [1.29, 1.82) is 0 Å². The van der Waals surface area contributed by atoms with Crippen LogP contribution in [0.2, 0.25) is 0 Å². The molecule has 0 bridgehead atoms. The molecule has 0 radical (unpaired) electrons. The van der Waals surface area contributed by atoms with E-state index in [1.807, 2.05) is 30.6 Å². The average Bonchev–Trinajstić information content (AvgIpc) is 2.58. The normalized spacial score (nSPS) is 17.4. The van der Waals surface area contributed by atoms with Crippen molar-refractivity contribution >= 4 is 11.9 Å². The summed E-state index contributed by atoms with van der Waals surface area (Å²) in [6.45, 7) is 15.4. The second-order valence-corrected chi connectivity index (χ2v) is 8.10. The van der Waals surface area contributed by atoms with Gasteiger partial charge in [0.1, 0.15) is 0 Å². The molecule has 1 rings (SSSR count). The fourth-order valence-corrected chi connectivity index (χ4v) is 2.25. The lowest BCUT2D eigenvalue weighted by Gasteiger charge is -2.28.